The predicted octanol–water partition coefficient (Wildman–Crippen LogP) is 6.22. The van der Waals surface area contributed by atoms with Crippen LogP contribution in [0.5, 0.6) is 0 Å². The van der Waals surface area contributed by atoms with Crippen LogP contribution in [0.15, 0.2) is 36.1 Å². The second-order valence-corrected chi connectivity index (χ2v) is 5.08. The van der Waals surface area contributed by atoms with Crippen molar-refractivity contribution in [2.24, 2.45) is 0 Å². The third-order valence-corrected chi connectivity index (χ3v) is 3.31. The Bertz CT molecular complexity index is 377. The molecule has 0 heterocycles. The highest BCUT2D eigenvalue weighted by Gasteiger charge is 2.29. The van der Waals surface area contributed by atoms with Crippen LogP contribution in [0, 0.1) is 0 Å². The lowest BCUT2D eigenvalue weighted by Gasteiger charge is -2.35. The van der Waals surface area contributed by atoms with Crippen molar-refractivity contribution in [3.63, 3.8) is 0 Å². The minimum Gasteiger partial charge on any atom is -0.491 e. The molecule has 3 nitrogen and oxygen atoms in total. The fourth-order valence-electron chi connectivity index (χ4n) is 2.09. The minimum absolute atomic E-state index is 0.206. The molecule has 1 fully saturated rings. The molecule has 0 aromatic carbocycles. The van der Waals surface area contributed by atoms with Crippen LogP contribution < -0.4 is 5.32 Å². The van der Waals surface area contributed by atoms with Crippen LogP contribution in [0.25, 0.3) is 0 Å². The number of ether oxygens (including phenoxy) is 1. The molecule has 0 unspecified atom stereocenters. The molecule has 1 N–H and O–H groups in total. The maximum Gasteiger partial charge on any atom is 0.130 e. The van der Waals surface area contributed by atoms with E-state index < -0.39 is 0 Å². The quantitative estimate of drug-likeness (QED) is 0.416. The molecule has 0 amide bonds. The van der Waals surface area contributed by atoms with Gasteiger partial charge in [-0.05, 0) is 51.8 Å². The summed E-state index contributed by atoms with van der Waals surface area (Å²) in [6.07, 6.45) is 9.58. The number of nitrogens with one attached hydrogen (secondary N) is 1. The lowest BCUT2D eigenvalue weighted by molar-refractivity contribution is -0.116. The van der Waals surface area contributed by atoms with E-state index in [0.717, 1.165) is 24.8 Å². The Labute approximate surface area is 157 Å². The highest BCUT2D eigenvalue weighted by Crippen LogP contribution is 2.25. The molecular formula is C22H43NO2. The van der Waals surface area contributed by atoms with Gasteiger partial charge in [0, 0.05) is 12.5 Å². The van der Waals surface area contributed by atoms with Crippen LogP contribution in [0.3, 0.4) is 0 Å². The van der Waals surface area contributed by atoms with E-state index in [-0.39, 0.29) is 11.9 Å². The molecule has 0 radical (unpaired) electrons. The largest absolute Gasteiger partial charge is 0.491 e. The zero-order valence-electron chi connectivity index (χ0n) is 18.2. The summed E-state index contributed by atoms with van der Waals surface area (Å²) in [6.45, 7) is 19.5. The molecule has 0 spiro atoms. The molecule has 25 heavy (non-hydrogen) atoms. The van der Waals surface area contributed by atoms with E-state index in [1.54, 1.807) is 6.92 Å². The van der Waals surface area contributed by atoms with Gasteiger partial charge in [0.15, 0.2) is 0 Å². The lowest BCUT2D eigenvalue weighted by Crippen LogP contribution is -2.43. The maximum atomic E-state index is 11.0. The van der Waals surface area contributed by atoms with Gasteiger partial charge in [0.1, 0.15) is 17.6 Å². The average molecular weight is 354 g/mol. The molecule has 3 heteroatoms. The summed E-state index contributed by atoms with van der Waals surface area (Å²) in [5, 5.41) is 3.22. The molecule has 0 aromatic heterocycles. The van der Waals surface area contributed by atoms with Gasteiger partial charge in [-0.1, -0.05) is 60.3 Å². The van der Waals surface area contributed by atoms with Crippen LogP contribution in [-0.2, 0) is 9.53 Å². The van der Waals surface area contributed by atoms with Crippen LogP contribution in [-0.4, -0.2) is 25.0 Å². The summed E-state index contributed by atoms with van der Waals surface area (Å²) in [6, 6.07) is 0.578. The van der Waals surface area contributed by atoms with Crippen LogP contribution >= 0.6 is 0 Å². The first-order valence-corrected chi connectivity index (χ1v) is 9.90. The fourth-order valence-corrected chi connectivity index (χ4v) is 2.09. The second kappa shape index (κ2) is 20.7. The van der Waals surface area contributed by atoms with Gasteiger partial charge in [0.2, 0.25) is 0 Å². The van der Waals surface area contributed by atoms with Gasteiger partial charge < -0.3 is 14.8 Å². The van der Waals surface area contributed by atoms with Gasteiger partial charge in [-0.15, -0.1) is 0 Å². The summed E-state index contributed by atoms with van der Waals surface area (Å²) >= 11 is 0. The summed E-state index contributed by atoms with van der Waals surface area (Å²) in [5.74, 6) is 0.897. The Morgan fingerprint density at radius 3 is 2.04 bits per heavy atom. The standard InChI is InChI=1S/C16H25NO2.3C2H6/c1-5-6-14(8-7-12(2)18)9-13(3)19-16-10-15(11-16)17-4;3*1-2/h5-6,9,15-17H,3,7-8,10-11H2,1-2,4H3;3*1-2H3/b6-5-,14-9+;;;. The van der Waals surface area contributed by atoms with Gasteiger partial charge in [0.05, 0.1) is 0 Å². The normalized spacial score (nSPS) is 18.4. The van der Waals surface area contributed by atoms with Crippen molar-refractivity contribution < 1.29 is 9.53 Å². The van der Waals surface area contributed by atoms with E-state index in [1.165, 1.54) is 0 Å². The Hall–Kier alpha value is -1.35. The SMILES string of the molecule is C=C(/C=C(\C=C/C)CCC(C)=O)OC1CC(NC)C1.CC.CC.CC. The monoisotopic (exact) mass is 353 g/mol. The van der Waals surface area contributed by atoms with Crippen molar-refractivity contribution in [1.82, 2.24) is 5.32 Å². The van der Waals surface area contributed by atoms with Crippen molar-refractivity contribution in [2.75, 3.05) is 7.05 Å². The zero-order chi connectivity index (χ0) is 20.3. The van der Waals surface area contributed by atoms with E-state index in [2.05, 4.69) is 11.9 Å². The Kier molecular flexibility index (Phi) is 23.6. The first-order chi connectivity index (χ1) is 12.0. The number of allylic oxidation sites excluding steroid dienone is 4. The number of Topliss-reactive ketones (excluding diaryl/α,β-unsaturated/α-hetero) is 1. The molecule has 0 bridgehead atoms. The average Bonchev–Trinajstić information content (AvgIpc) is 2.61. The molecule has 1 aliphatic rings. The number of ketones is 1. The lowest BCUT2D eigenvalue weighted by atomic mass is 9.89. The zero-order valence-corrected chi connectivity index (χ0v) is 18.2. The molecule has 0 aromatic rings. The van der Waals surface area contributed by atoms with Gasteiger partial charge >= 0.3 is 0 Å². The number of hydrogen-bond acceptors (Lipinski definition) is 3. The third kappa shape index (κ3) is 15.9. The summed E-state index contributed by atoms with van der Waals surface area (Å²) in [7, 11) is 1.97. The van der Waals surface area contributed by atoms with E-state index in [4.69, 9.17) is 4.74 Å². The predicted molar refractivity (Wildman–Crippen MR) is 113 cm³/mol. The maximum absolute atomic E-state index is 11.0. The summed E-state index contributed by atoms with van der Waals surface area (Å²) < 4.78 is 5.77. The summed E-state index contributed by atoms with van der Waals surface area (Å²) in [5.41, 5.74) is 1.09. The fraction of sp³-hybridized carbons (Fsp3) is 0.682. The summed E-state index contributed by atoms with van der Waals surface area (Å²) in [4.78, 5) is 11.0. The second-order valence-electron chi connectivity index (χ2n) is 5.08. The third-order valence-electron chi connectivity index (χ3n) is 3.31. The van der Waals surface area contributed by atoms with E-state index in [0.29, 0.717) is 18.2 Å². The molecule has 0 atom stereocenters. The van der Waals surface area contributed by atoms with Gasteiger partial charge in [-0.2, -0.15) is 0 Å². The van der Waals surface area contributed by atoms with Gasteiger partial charge in [-0.25, -0.2) is 0 Å². The van der Waals surface area contributed by atoms with Crippen molar-refractivity contribution in [1.29, 1.82) is 0 Å². The van der Waals surface area contributed by atoms with Gasteiger partial charge in [-0.3, -0.25) is 0 Å². The van der Waals surface area contributed by atoms with Crippen LogP contribution in [0.1, 0.15) is 81.1 Å². The minimum atomic E-state index is 0.206. The smallest absolute Gasteiger partial charge is 0.130 e. The highest BCUT2D eigenvalue weighted by atomic mass is 16.5. The van der Waals surface area contributed by atoms with Crippen molar-refractivity contribution in [3.8, 4) is 0 Å². The Morgan fingerprint density at radius 2 is 1.64 bits per heavy atom. The number of carbonyl (C=O) groups excluding carboxylic acids is 1. The topological polar surface area (TPSA) is 38.3 Å². The molecule has 1 saturated carbocycles. The molecule has 148 valence electrons. The molecule has 0 aliphatic heterocycles. The molecule has 1 aliphatic carbocycles. The first kappa shape index (κ1) is 28.5. The molecular weight excluding hydrogens is 310 g/mol. The van der Waals surface area contributed by atoms with E-state index in [9.17, 15) is 4.79 Å². The van der Waals surface area contributed by atoms with Crippen LogP contribution in [0.2, 0.25) is 0 Å². The van der Waals surface area contributed by atoms with Crippen molar-refractivity contribution in [3.05, 3.63) is 36.1 Å². The number of hydrogen-bond donors (Lipinski definition) is 1. The number of rotatable bonds is 8. The highest BCUT2D eigenvalue weighted by molar-refractivity contribution is 5.75. The first-order valence-electron chi connectivity index (χ1n) is 9.90. The Morgan fingerprint density at radius 1 is 1.12 bits per heavy atom. The Balaban J connectivity index is -0.000000725. The molecule has 0 saturated heterocycles. The van der Waals surface area contributed by atoms with Crippen molar-refractivity contribution in [2.45, 2.75) is 93.2 Å². The number of carbonyl (C=O) groups is 1. The van der Waals surface area contributed by atoms with Crippen molar-refractivity contribution >= 4 is 5.78 Å². The van der Waals surface area contributed by atoms with Crippen LogP contribution in [0.4, 0.5) is 0 Å². The molecule has 1 rings (SSSR count). The van der Waals surface area contributed by atoms with E-state index >= 15 is 0 Å². The van der Waals surface area contributed by atoms with E-state index in [1.807, 2.05) is 73.7 Å². The van der Waals surface area contributed by atoms with Gasteiger partial charge in [0.25, 0.3) is 0 Å².